The Balaban J connectivity index is 1.88. The van der Waals surface area contributed by atoms with E-state index in [1.807, 2.05) is 30.3 Å². The van der Waals surface area contributed by atoms with Crippen LogP contribution in [0.1, 0.15) is 5.56 Å². The molecule has 2 aromatic carbocycles. The lowest BCUT2D eigenvalue weighted by Gasteiger charge is -2.12. The second-order valence-electron chi connectivity index (χ2n) is 4.38. The van der Waals surface area contributed by atoms with Crippen LogP contribution in [-0.4, -0.2) is 19.4 Å². The van der Waals surface area contributed by atoms with Crippen molar-refractivity contribution in [2.24, 2.45) is 0 Å². The van der Waals surface area contributed by atoms with E-state index in [-0.39, 0.29) is 17.1 Å². The molecule has 0 saturated carbocycles. The summed E-state index contributed by atoms with van der Waals surface area (Å²) in [5.74, 6) is -0.479. The highest BCUT2D eigenvalue weighted by Crippen LogP contribution is 2.20. The molecule has 2 radical (unpaired) electrons. The van der Waals surface area contributed by atoms with Crippen molar-refractivity contribution < 1.29 is 9.13 Å². The van der Waals surface area contributed by atoms with Gasteiger partial charge in [-0.15, -0.1) is 0 Å². The minimum absolute atomic E-state index is 0.159. The highest BCUT2D eigenvalue weighted by atomic mass is 35.5. The zero-order valence-electron chi connectivity index (χ0n) is 11.1. The van der Waals surface area contributed by atoms with Gasteiger partial charge in [-0.05, 0) is 17.7 Å². The van der Waals surface area contributed by atoms with Gasteiger partial charge in [0.1, 0.15) is 18.7 Å². The first-order valence-corrected chi connectivity index (χ1v) is 7.01. The lowest BCUT2D eigenvalue weighted by Crippen LogP contribution is -2.18. The molecular weight excluding hydrogens is 308 g/mol. The van der Waals surface area contributed by atoms with Crippen LogP contribution in [0.5, 0.6) is 0 Å². The number of hydrogen-bond acceptors (Lipinski definition) is 2. The second-order valence-corrected chi connectivity index (χ2v) is 5.25. The first-order valence-electron chi connectivity index (χ1n) is 6.22. The molecule has 0 aliphatic heterocycles. The average molecular weight is 320 g/mol. The van der Waals surface area contributed by atoms with Crippen LogP contribution in [0.25, 0.3) is 0 Å². The number of halogens is 2. The Morgan fingerprint density at radius 2 is 2.00 bits per heavy atom. The predicted octanol–water partition coefficient (Wildman–Crippen LogP) is 3.23. The highest BCUT2D eigenvalue weighted by Gasteiger charge is 2.07. The van der Waals surface area contributed by atoms with Crippen molar-refractivity contribution in [3.63, 3.8) is 0 Å². The molecule has 0 unspecified atom stereocenters. The number of thiocarbonyl (C=S) groups is 1. The van der Waals surface area contributed by atoms with Gasteiger partial charge in [0.05, 0.1) is 23.9 Å². The Morgan fingerprint density at radius 1 is 1.29 bits per heavy atom. The molecule has 0 saturated heterocycles. The Kier molecular flexibility index (Phi) is 5.73. The molecule has 0 spiro atoms. The summed E-state index contributed by atoms with van der Waals surface area (Å²) >= 11 is 11.1. The van der Waals surface area contributed by atoms with Gasteiger partial charge in [0.2, 0.25) is 0 Å². The Bertz CT molecular complexity index is 639. The third kappa shape index (κ3) is 4.81. The van der Waals surface area contributed by atoms with Crippen molar-refractivity contribution in [2.75, 3.05) is 11.9 Å². The van der Waals surface area contributed by atoms with Crippen LogP contribution < -0.4 is 10.8 Å². The molecule has 0 bridgehead atoms. The van der Waals surface area contributed by atoms with Crippen LogP contribution in [0, 0.1) is 5.82 Å². The standard InChI is InChI=1S/C15H12BClFNOS/c16-12-6-11(18)7-13(15(12)17)19-14(21)9-20-8-10-4-2-1-3-5-10/h1-7H,8-9H2,(H,19,21). The fraction of sp³-hybridized carbons (Fsp3) is 0.133. The van der Waals surface area contributed by atoms with Crippen molar-refractivity contribution in [3.8, 4) is 0 Å². The van der Waals surface area contributed by atoms with Gasteiger partial charge in [0, 0.05) is 0 Å². The van der Waals surface area contributed by atoms with Gasteiger partial charge in [-0.1, -0.05) is 59.6 Å². The van der Waals surface area contributed by atoms with E-state index in [9.17, 15) is 4.39 Å². The monoisotopic (exact) mass is 319 g/mol. The van der Waals surface area contributed by atoms with Crippen LogP contribution >= 0.6 is 23.8 Å². The number of nitrogens with one attached hydrogen (secondary N) is 1. The molecule has 0 fully saturated rings. The first-order chi connectivity index (χ1) is 10.1. The molecular formula is C15H12BClFNOS. The van der Waals surface area contributed by atoms with E-state index in [2.05, 4.69) is 5.32 Å². The topological polar surface area (TPSA) is 21.3 Å². The zero-order valence-corrected chi connectivity index (χ0v) is 12.7. The van der Waals surface area contributed by atoms with Crippen molar-refractivity contribution in [2.45, 2.75) is 6.61 Å². The molecule has 6 heteroatoms. The predicted molar refractivity (Wildman–Crippen MR) is 89.1 cm³/mol. The molecule has 2 aromatic rings. The molecule has 0 amide bonds. The van der Waals surface area contributed by atoms with Gasteiger partial charge in [-0.25, -0.2) is 4.39 Å². The number of hydrogen-bond donors (Lipinski definition) is 1. The quantitative estimate of drug-likeness (QED) is 0.675. The third-order valence-corrected chi connectivity index (χ3v) is 3.33. The summed E-state index contributed by atoms with van der Waals surface area (Å²) in [7, 11) is 5.59. The van der Waals surface area contributed by atoms with Crippen LogP contribution in [0.2, 0.25) is 5.02 Å². The smallest absolute Gasteiger partial charge is 0.124 e. The maximum Gasteiger partial charge on any atom is 0.124 e. The number of anilines is 1. The van der Waals surface area contributed by atoms with Crippen LogP contribution in [0.4, 0.5) is 10.1 Å². The summed E-state index contributed by atoms with van der Waals surface area (Å²) in [5, 5.41) is 3.07. The van der Waals surface area contributed by atoms with Crippen molar-refractivity contribution in [1.29, 1.82) is 0 Å². The van der Waals surface area contributed by atoms with Gasteiger partial charge in [-0.3, -0.25) is 0 Å². The summed E-state index contributed by atoms with van der Waals surface area (Å²) < 4.78 is 18.8. The van der Waals surface area contributed by atoms with E-state index in [1.54, 1.807) is 0 Å². The van der Waals surface area contributed by atoms with Gasteiger partial charge in [0.25, 0.3) is 0 Å². The zero-order chi connectivity index (χ0) is 15.2. The minimum atomic E-state index is -0.479. The summed E-state index contributed by atoms with van der Waals surface area (Å²) in [5.41, 5.74) is 1.54. The van der Waals surface area contributed by atoms with Crippen molar-refractivity contribution >= 4 is 47.8 Å². The van der Waals surface area contributed by atoms with Crippen LogP contribution in [-0.2, 0) is 11.3 Å². The lowest BCUT2D eigenvalue weighted by atomic mass is 9.95. The average Bonchev–Trinajstić information content (AvgIpc) is 2.45. The normalized spacial score (nSPS) is 10.4. The Labute approximate surface area is 134 Å². The highest BCUT2D eigenvalue weighted by molar-refractivity contribution is 7.80. The molecule has 21 heavy (non-hydrogen) atoms. The lowest BCUT2D eigenvalue weighted by molar-refractivity contribution is 0.159. The molecule has 0 aliphatic carbocycles. The fourth-order valence-electron chi connectivity index (χ4n) is 1.72. The summed E-state index contributed by atoms with van der Waals surface area (Å²) in [4.78, 5) is 0.401. The maximum atomic E-state index is 13.3. The number of ether oxygens (including phenoxy) is 1. The minimum Gasteiger partial charge on any atom is -0.370 e. The van der Waals surface area contributed by atoms with Crippen molar-refractivity contribution in [3.05, 3.63) is 58.9 Å². The maximum absolute atomic E-state index is 13.3. The first kappa shape index (κ1) is 16.0. The molecule has 106 valence electrons. The van der Waals surface area contributed by atoms with E-state index < -0.39 is 5.82 Å². The molecule has 2 nitrogen and oxygen atoms in total. The van der Waals surface area contributed by atoms with E-state index >= 15 is 0 Å². The molecule has 1 N–H and O–H groups in total. The van der Waals surface area contributed by atoms with E-state index in [0.717, 1.165) is 11.6 Å². The summed E-state index contributed by atoms with van der Waals surface area (Å²) in [6.45, 7) is 0.651. The van der Waals surface area contributed by atoms with E-state index in [0.29, 0.717) is 17.3 Å². The summed E-state index contributed by atoms with van der Waals surface area (Å²) in [6.07, 6.45) is 0. The SMILES string of the molecule is [B]c1cc(F)cc(NC(=S)COCc2ccccc2)c1Cl. The van der Waals surface area contributed by atoms with Gasteiger partial charge in [-0.2, -0.15) is 0 Å². The summed E-state index contributed by atoms with van der Waals surface area (Å²) in [6, 6.07) is 12.1. The number of rotatable bonds is 5. The van der Waals surface area contributed by atoms with E-state index in [1.165, 1.54) is 6.07 Å². The third-order valence-electron chi connectivity index (χ3n) is 2.68. The second kappa shape index (κ2) is 7.55. The Hall–Kier alpha value is -1.43. The molecule has 0 aliphatic rings. The fourth-order valence-corrected chi connectivity index (χ4v) is 2.07. The largest absolute Gasteiger partial charge is 0.370 e. The van der Waals surface area contributed by atoms with Crippen LogP contribution in [0.15, 0.2) is 42.5 Å². The van der Waals surface area contributed by atoms with E-state index in [4.69, 9.17) is 36.4 Å². The molecule has 0 atom stereocenters. The molecule has 0 aromatic heterocycles. The van der Waals surface area contributed by atoms with Gasteiger partial charge >= 0.3 is 0 Å². The molecule has 0 heterocycles. The number of benzene rings is 2. The Morgan fingerprint density at radius 3 is 2.71 bits per heavy atom. The molecule has 2 rings (SSSR count). The van der Waals surface area contributed by atoms with Gasteiger partial charge in [0.15, 0.2) is 0 Å². The van der Waals surface area contributed by atoms with Crippen molar-refractivity contribution in [1.82, 2.24) is 0 Å². The van der Waals surface area contributed by atoms with Crippen LogP contribution in [0.3, 0.4) is 0 Å². The van der Waals surface area contributed by atoms with Gasteiger partial charge < -0.3 is 10.1 Å².